The molecule has 4 rings (SSSR count). The molecule has 5 N–H and O–H groups in total. The van der Waals surface area contributed by atoms with Crippen molar-refractivity contribution in [3.63, 3.8) is 0 Å². The molecular weight excluding hydrogens is 456 g/mol. The monoisotopic (exact) mass is 488 g/mol. The van der Waals surface area contributed by atoms with Gasteiger partial charge in [-0.15, -0.1) is 0 Å². The summed E-state index contributed by atoms with van der Waals surface area (Å²) >= 11 is 0. The number of hydrogen-bond acceptors (Lipinski definition) is 7. The molecular formula is C26H32N8O2. The molecule has 0 spiro atoms. The van der Waals surface area contributed by atoms with Crippen molar-refractivity contribution in [1.29, 1.82) is 0 Å². The molecule has 0 bridgehead atoms. The zero-order chi connectivity index (χ0) is 25.5. The van der Waals surface area contributed by atoms with Crippen LogP contribution < -0.4 is 26.6 Å². The van der Waals surface area contributed by atoms with Crippen molar-refractivity contribution in [3.05, 3.63) is 60.8 Å². The molecule has 188 valence electrons. The normalized spacial score (nSPS) is 14.2. The Morgan fingerprint density at radius 1 is 0.972 bits per heavy atom. The third-order valence-electron chi connectivity index (χ3n) is 5.90. The second kappa shape index (κ2) is 11.5. The average Bonchev–Trinajstić information content (AvgIpc) is 2.89. The first kappa shape index (κ1) is 24.9. The van der Waals surface area contributed by atoms with E-state index in [0.717, 1.165) is 35.7 Å². The predicted octanol–water partition coefficient (Wildman–Crippen LogP) is 3.02. The van der Waals surface area contributed by atoms with E-state index in [1.165, 1.54) is 0 Å². The fourth-order valence-electron chi connectivity index (χ4n) is 4.00. The molecule has 10 heteroatoms. The molecule has 3 aromatic rings. The first-order valence-electron chi connectivity index (χ1n) is 12.1. The molecule has 10 nitrogen and oxygen atoms in total. The van der Waals surface area contributed by atoms with E-state index in [4.69, 9.17) is 5.73 Å². The summed E-state index contributed by atoms with van der Waals surface area (Å²) in [6.45, 7) is 7.05. The van der Waals surface area contributed by atoms with Crippen molar-refractivity contribution >= 4 is 34.9 Å². The molecule has 1 atom stereocenters. The number of aromatic nitrogens is 2. The van der Waals surface area contributed by atoms with Crippen molar-refractivity contribution in [2.45, 2.75) is 19.9 Å². The molecule has 36 heavy (non-hydrogen) atoms. The number of urea groups is 1. The summed E-state index contributed by atoms with van der Waals surface area (Å²) in [6, 6.07) is 16.7. The fraction of sp³-hybridized carbons (Fsp3) is 0.308. The smallest absolute Gasteiger partial charge is 0.319 e. The number of anilines is 4. The molecule has 0 aliphatic carbocycles. The molecule has 2 aromatic carbocycles. The largest absolute Gasteiger partial charge is 0.368 e. The standard InChI is InChI=1S/C26H32N8O2/c1-3-28-26(36)31-21-6-4-19(5-7-21)23-12-13-29-25(32-23)30-20-8-10-22(11-9-20)33-14-16-34(17-15-33)24(35)18(2)27/h4-13,18H,3,14-17,27H2,1-2H3,(H2,28,31,36)(H,29,30,32)/t18-/m1/s1. The molecule has 3 amide bonds. The van der Waals surface area contributed by atoms with Gasteiger partial charge in [-0.2, -0.15) is 0 Å². The van der Waals surface area contributed by atoms with Crippen LogP contribution in [-0.4, -0.2) is 65.6 Å². The second-order valence-corrected chi connectivity index (χ2v) is 8.60. The third-order valence-corrected chi connectivity index (χ3v) is 5.90. The molecule has 2 heterocycles. The number of benzene rings is 2. The number of rotatable bonds is 7. The third kappa shape index (κ3) is 6.28. The molecule has 1 aliphatic rings. The summed E-state index contributed by atoms with van der Waals surface area (Å²) in [6.07, 6.45) is 1.71. The van der Waals surface area contributed by atoms with Crippen molar-refractivity contribution in [3.8, 4) is 11.3 Å². The average molecular weight is 489 g/mol. The fourth-order valence-corrected chi connectivity index (χ4v) is 4.00. The van der Waals surface area contributed by atoms with Gasteiger partial charge in [0, 0.05) is 61.5 Å². The summed E-state index contributed by atoms with van der Waals surface area (Å²) in [4.78, 5) is 36.8. The maximum Gasteiger partial charge on any atom is 0.319 e. The van der Waals surface area contributed by atoms with Gasteiger partial charge in [0.2, 0.25) is 11.9 Å². The highest BCUT2D eigenvalue weighted by Crippen LogP contribution is 2.24. The Morgan fingerprint density at radius 3 is 2.28 bits per heavy atom. The topological polar surface area (TPSA) is 129 Å². The van der Waals surface area contributed by atoms with Crippen LogP contribution in [0.1, 0.15) is 13.8 Å². The van der Waals surface area contributed by atoms with Crippen molar-refractivity contribution < 1.29 is 9.59 Å². The van der Waals surface area contributed by atoms with Gasteiger partial charge in [0.25, 0.3) is 0 Å². The van der Waals surface area contributed by atoms with E-state index < -0.39 is 6.04 Å². The minimum absolute atomic E-state index is 0.00316. The van der Waals surface area contributed by atoms with Gasteiger partial charge in [0.15, 0.2) is 0 Å². The van der Waals surface area contributed by atoms with Gasteiger partial charge >= 0.3 is 6.03 Å². The van der Waals surface area contributed by atoms with Gasteiger partial charge in [-0.1, -0.05) is 12.1 Å². The highest BCUT2D eigenvalue weighted by Gasteiger charge is 2.23. The summed E-state index contributed by atoms with van der Waals surface area (Å²) in [7, 11) is 0. The molecule has 1 aromatic heterocycles. The minimum Gasteiger partial charge on any atom is -0.368 e. The van der Waals surface area contributed by atoms with Gasteiger partial charge in [-0.3, -0.25) is 4.79 Å². The van der Waals surface area contributed by atoms with E-state index in [-0.39, 0.29) is 11.9 Å². The lowest BCUT2D eigenvalue weighted by atomic mass is 10.1. The second-order valence-electron chi connectivity index (χ2n) is 8.60. The first-order chi connectivity index (χ1) is 17.4. The van der Waals surface area contributed by atoms with E-state index in [9.17, 15) is 9.59 Å². The van der Waals surface area contributed by atoms with Gasteiger partial charge in [0.1, 0.15) is 0 Å². The summed E-state index contributed by atoms with van der Waals surface area (Å²) in [5, 5.41) is 8.74. The van der Waals surface area contributed by atoms with E-state index in [1.54, 1.807) is 13.1 Å². The number of carbonyl (C=O) groups is 2. The lowest BCUT2D eigenvalue weighted by molar-refractivity contribution is -0.132. The Bertz CT molecular complexity index is 1170. The Labute approximate surface area is 210 Å². The van der Waals surface area contributed by atoms with Crippen LogP contribution in [-0.2, 0) is 4.79 Å². The summed E-state index contributed by atoms with van der Waals surface area (Å²) in [5.74, 6) is 0.496. The van der Waals surface area contributed by atoms with E-state index in [1.807, 2.05) is 54.3 Å². The van der Waals surface area contributed by atoms with E-state index >= 15 is 0 Å². The predicted molar refractivity (Wildman–Crippen MR) is 142 cm³/mol. The highest BCUT2D eigenvalue weighted by atomic mass is 16.2. The number of nitrogens with two attached hydrogens (primary N) is 1. The quantitative estimate of drug-likeness (QED) is 0.402. The summed E-state index contributed by atoms with van der Waals surface area (Å²) < 4.78 is 0. The van der Waals surface area contributed by atoms with E-state index in [2.05, 4.69) is 43.0 Å². The van der Waals surface area contributed by atoms with Crippen LogP contribution >= 0.6 is 0 Å². The van der Waals surface area contributed by atoms with Crippen LogP contribution in [0, 0.1) is 0 Å². The minimum atomic E-state index is -0.460. The van der Waals surface area contributed by atoms with Crippen LogP contribution in [0.15, 0.2) is 60.8 Å². The van der Waals surface area contributed by atoms with Gasteiger partial charge in [-0.25, -0.2) is 14.8 Å². The number of nitrogens with zero attached hydrogens (tertiary/aromatic N) is 4. The number of hydrogen-bond donors (Lipinski definition) is 4. The van der Waals surface area contributed by atoms with Crippen LogP contribution in [0.2, 0.25) is 0 Å². The Hall–Kier alpha value is -4.18. The number of carbonyl (C=O) groups excluding carboxylic acids is 2. The van der Waals surface area contributed by atoms with Crippen LogP contribution in [0.3, 0.4) is 0 Å². The SMILES string of the molecule is CCNC(=O)Nc1ccc(-c2ccnc(Nc3ccc(N4CCN(C(=O)[C@@H](C)N)CC4)cc3)n2)cc1. The number of nitrogens with one attached hydrogen (secondary N) is 3. The van der Waals surface area contributed by atoms with Crippen molar-refractivity contribution in [2.75, 3.05) is 48.3 Å². The lowest BCUT2D eigenvalue weighted by Crippen LogP contribution is -2.52. The maximum absolute atomic E-state index is 12.1. The van der Waals surface area contributed by atoms with E-state index in [0.29, 0.717) is 31.3 Å². The number of piperazine rings is 1. The molecule has 1 saturated heterocycles. The number of amides is 3. The zero-order valence-electron chi connectivity index (χ0n) is 20.6. The Kier molecular flexibility index (Phi) is 7.96. The zero-order valence-corrected chi connectivity index (χ0v) is 20.6. The van der Waals surface area contributed by atoms with Gasteiger partial charge in [-0.05, 0) is 56.3 Å². The molecule has 0 unspecified atom stereocenters. The molecule has 1 aliphatic heterocycles. The highest BCUT2D eigenvalue weighted by molar-refractivity contribution is 5.89. The maximum atomic E-state index is 12.1. The Balaban J connectivity index is 1.36. The van der Waals surface area contributed by atoms with Crippen LogP contribution in [0.25, 0.3) is 11.3 Å². The molecule has 1 fully saturated rings. The first-order valence-corrected chi connectivity index (χ1v) is 12.1. The molecule has 0 saturated carbocycles. The summed E-state index contributed by atoms with van der Waals surface area (Å²) in [5.41, 5.74) is 10.1. The van der Waals surface area contributed by atoms with Gasteiger partial charge < -0.3 is 31.5 Å². The van der Waals surface area contributed by atoms with Crippen molar-refractivity contribution in [2.24, 2.45) is 5.73 Å². The van der Waals surface area contributed by atoms with Crippen LogP contribution in [0.4, 0.5) is 27.8 Å². The van der Waals surface area contributed by atoms with Crippen LogP contribution in [0.5, 0.6) is 0 Å². The molecule has 0 radical (unpaired) electrons. The van der Waals surface area contributed by atoms with Crippen molar-refractivity contribution in [1.82, 2.24) is 20.2 Å². The lowest BCUT2D eigenvalue weighted by Gasteiger charge is -2.36. The Morgan fingerprint density at radius 2 is 1.64 bits per heavy atom. The van der Waals surface area contributed by atoms with Gasteiger partial charge in [0.05, 0.1) is 11.7 Å².